The molecule has 0 aliphatic heterocycles. The molecule has 1 heterocycles. The molecule has 2 N–H and O–H groups in total. The number of imidazole rings is 1. The number of aromatic nitrogens is 2. The van der Waals surface area contributed by atoms with E-state index in [9.17, 15) is 27.2 Å². The van der Waals surface area contributed by atoms with Crippen molar-refractivity contribution in [3.05, 3.63) is 64.2 Å². The average Bonchev–Trinajstić information content (AvgIpc) is 3.14. The molecule has 1 aromatic heterocycles. The third-order valence-electron chi connectivity index (χ3n) is 5.97. The first-order valence-electron chi connectivity index (χ1n) is 11.9. The molecule has 0 spiro atoms. The number of alkyl halides is 3. The number of halogens is 4. The minimum Gasteiger partial charge on any atom is -0.478 e. The van der Waals surface area contributed by atoms with Gasteiger partial charge in [-0.05, 0) is 61.1 Å². The van der Waals surface area contributed by atoms with Gasteiger partial charge in [-0.1, -0.05) is 19.1 Å². The van der Waals surface area contributed by atoms with Crippen LogP contribution in [0.4, 0.5) is 17.6 Å². The van der Waals surface area contributed by atoms with Crippen molar-refractivity contribution in [1.82, 2.24) is 14.9 Å². The van der Waals surface area contributed by atoms with Gasteiger partial charge >= 0.3 is 12.1 Å². The van der Waals surface area contributed by atoms with E-state index in [0.717, 1.165) is 34.4 Å². The number of fused-ring (bicyclic) bond motifs is 1. The van der Waals surface area contributed by atoms with Crippen molar-refractivity contribution in [2.45, 2.75) is 70.5 Å². The van der Waals surface area contributed by atoms with E-state index < -0.39 is 41.1 Å². The van der Waals surface area contributed by atoms with Crippen molar-refractivity contribution < 1.29 is 32.3 Å². The van der Waals surface area contributed by atoms with Crippen molar-refractivity contribution >= 4 is 35.5 Å². The summed E-state index contributed by atoms with van der Waals surface area (Å²) in [5, 5.41) is 11.0. The molecule has 0 bridgehead atoms. The minimum absolute atomic E-state index is 0.0108. The van der Waals surface area contributed by atoms with Crippen molar-refractivity contribution in [1.29, 1.82) is 0 Å². The fourth-order valence-corrected chi connectivity index (χ4v) is 4.43. The molecular formula is C26H29F4N3O3S. The summed E-state index contributed by atoms with van der Waals surface area (Å²) in [6.07, 6.45) is -3.88. The molecular weight excluding hydrogens is 510 g/mol. The van der Waals surface area contributed by atoms with E-state index in [0.29, 0.717) is 12.0 Å². The SMILES string of the molecule is CCCc1nc2c(C)cc(CNC(=O)C(S)CCCC(F)(F)F)cc2n1Cc1ccc(C(=O)O)c(F)c1. The fourth-order valence-electron chi connectivity index (χ4n) is 4.15. The number of nitrogens with zero attached hydrogens (tertiary/aromatic N) is 2. The molecule has 3 aromatic rings. The molecule has 1 unspecified atom stereocenters. The lowest BCUT2D eigenvalue weighted by Crippen LogP contribution is -2.31. The predicted molar refractivity (Wildman–Crippen MR) is 135 cm³/mol. The van der Waals surface area contributed by atoms with Crippen LogP contribution in [0.15, 0.2) is 30.3 Å². The zero-order valence-electron chi connectivity index (χ0n) is 20.5. The topological polar surface area (TPSA) is 84.2 Å². The van der Waals surface area contributed by atoms with Crippen molar-refractivity contribution in [3.8, 4) is 0 Å². The number of aromatic carboxylic acids is 1. The number of carboxylic acids is 1. The van der Waals surface area contributed by atoms with Gasteiger partial charge in [-0.2, -0.15) is 25.8 Å². The first-order valence-corrected chi connectivity index (χ1v) is 12.4. The number of thiol groups is 1. The molecule has 0 fully saturated rings. The number of hydrogen-bond acceptors (Lipinski definition) is 4. The quantitative estimate of drug-likeness (QED) is 0.212. The van der Waals surface area contributed by atoms with Crippen molar-refractivity contribution in [2.24, 2.45) is 0 Å². The van der Waals surface area contributed by atoms with E-state index in [1.165, 1.54) is 12.1 Å². The summed E-state index contributed by atoms with van der Waals surface area (Å²) < 4.78 is 53.3. The standard InChI is InChI=1S/C26H29F4N3O3S/c1-3-5-22-32-23-15(2)10-17(13-31-24(34)21(37)6-4-9-26(28,29)30)12-20(23)33(22)14-16-7-8-18(25(35)36)19(27)11-16/h7-8,10-12,21,37H,3-6,9,13-14H2,1-2H3,(H,31,34)(H,35,36). The zero-order valence-corrected chi connectivity index (χ0v) is 21.4. The van der Waals surface area contributed by atoms with Crippen LogP contribution < -0.4 is 5.32 Å². The lowest BCUT2D eigenvalue weighted by Gasteiger charge is -2.14. The average molecular weight is 540 g/mol. The van der Waals surface area contributed by atoms with Crippen LogP contribution in [0.1, 0.15) is 65.5 Å². The van der Waals surface area contributed by atoms with E-state index >= 15 is 0 Å². The normalized spacial score (nSPS) is 12.6. The van der Waals surface area contributed by atoms with Crippen molar-refractivity contribution in [3.63, 3.8) is 0 Å². The van der Waals surface area contributed by atoms with Gasteiger partial charge in [-0.3, -0.25) is 4.79 Å². The minimum atomic E-state index is -4.26. The Bertz CT molecular complexity index is 1290. The highest BCUT2D eigenvalue weighted by Crippen LogP contribution is 2.26. The van der Waals surface area contributed by atoms with Crippen LogP contribution in [-0.2, 0) is 24.3 Å². The maximum Gasteiger partial charge on any atom is 0.389 e. The molecule has 0 saturated heterocycles. The summed E-state index contributed by atoms with van der Waals surface area (Å²) in [6, 6.07) is 7.76. The Balaban J connectivity index is 1.82. The number of rotatable bonds is 11. The van der Waals surface area contributed by atoms with Crippen LogP contribution in [0.2, 0.25) is 0 Å². The van der Waals surface area contributed by atoms with Crippen molar-refractivity contribution in [2.75, 3.05) is 0 Å². The molecule has 37 heavy (non-hydrogen) atoms. The molecule has 1 atom stereocenters. The number of carbonyl (C=O) groups is 2. The molecule has 6 nitrogen and oxygen atoms in total. The monoisotopic (exact) mass is 539 g/mol. The molecule has 0 saturated carbocycles. The summed E-state index contributed by atoms with van der Waals surface area (Å²) in [7, 11) is 0. The van der Waals surface area contributed by atoms with Gasteiger partial charge in [0, 0.05) is 25.9 Å². The molecule has 0 radical (unpaired) electrons. The van der Waals surface area contributed by atoms with Gasteiger partial charge in [0.25, 0.3) is 0 Å². The summed E-state index contributed by atoms with van der Waals surface area (Å²) >= 11 is 4.15. The second-order valence-corrected chi connectivity index (χ2v) is 9.63. The Kier molecular flexibility index (Phi) is 9.22. The summed E-state index contributed by atoms with van der Waals surface area (Å²) in [6.45, 7) is 4.33. The van der Waals surface area contributed by atoms with Crippen LogP contribution in [0.5, 0.6) is 0 Å². The highest BCUT2D eigenvalue weighted by atomic mass is 32.1. The van der Waals surface area contributed by atoms with Crippen LogP contribution in [0.25, 0.3) is 11.0 Å². The Hall–Kier alpha value is -3.08. The molecule has 0 aliphatic rings. The first kappa shape index (κ1) is 28.5. The molecule has 0 aliphatic carbocycles. The Morgan fingerprint density at radius 3 is 2.54 bits per heavy atom. The molecule has 200 valence electrons. The number of nitrogens with one attached hydrogen (secondary N) is 1. The predicted octanol–water partition coefficient (Wildman–Crippen LogP) is 5.83. The third-order valence-corrected chi connectivity index (χ3v) is 6.46. The molecule has 2 aromatic carbocycles. The van der Waals surface area contributed by atoms with Gasteiger partial charge in [0.05, 0.1) is 21.8 Å². The third kappa shape index (κ3) is 7.47. The van der Waals surface area contributed by atoms with Crippen LogP contribution in [0.3, 0.4) is 0 Å². The highest BCUT2D eigenvalue weighted by Gasteiger charge is 2.27. The number of amides is 1. The lowest BCUT2D eigenvalue weighted by molar-refractivity contribution is -0.136. The van der Waals surface area contributed by atoms with Crippen LogP contribution in [0, 0.1) is 12.7 Å². The number of hydrogen-bond donors (Lipinski definition) is 3. The van der Waals surface area contributed by atoms with Gasteiger partial charge in [-0.15, -0.1) is 0 Å². The summed E-state index contributed by atoms with van der Waals surface area (Å²) in [4.78, 5) is 28.3. The number of aryl methyl sites for hydroxylation is 2. The zero-order chi connectivity index (χ0) is 27.3. The summed E-state index contributed by atoms with van der Waals surface area (Å²) in [5.41, 5.74) is 3.36. The highest BCUT2D eigenvalue weighted by molar-refractivity contribution is 7.81. The second-order valence-electron chi connectivity index (χ2n) is 9.00. The summed E-state index contributed by atoms with van der Waals surface area (Å²) in [5.74, 6) is -1.81. The van der Waals surface area contributed by atoms with Gasteiger partial charge in [0.15, 0.2) is 0 Å². The lowest BCUT2D eigenvalue weighted by atomic mass is 10.1. The molecule has 3 rings (SSSR count). The smallest absolute Gasteiger partial charge is 0.389 e. The first-order chi connectivity index (χ1) is 17.4. The Morgan fingerprint density at radius 1 is 1.19 bits per heavy atom. The Labute approximate surface area is 217 Å². The van der Waals surface area contributed by atoms with E-state index in [1.807, 2.05) is 30.5 Å². The molecule has 11 heteroatoms. The van der Waals surface area contributed by atoms with Gasteiger partial charge in [0.1, 0.15) is 11.6 Å². The second kappa shape index (κ2) is 12.0. The van der Waals surface area contributed by atoms with E-state index in [1.54, 1.807) is 6.07 Å². The number of carbonyl (C=O) groups excluding carboxylic acids is 1. The Morgan fingerprint density at radius 2 is 1.92 bits per heavy atom. The van der Waals surface area contributed by atoms with Crippen LogP contribution in [-0.4, -0.2) is 38.0 Å². The fraction of sp³-hybridized carbons (Fsp3) is 0.423. The maximum atomic E-state index is 14.3. The maximum absolute atomic E-state index is 14.3. The van der Waals surface area contributed by atoms with E-state index in [4.69, 9.17) is 10.1 Å². The molecule has 1 amide bonds. The van der Waals surface area contributed by atoms with E-state index in [2.05, 4.69) is 17.9 Å². The van der Waals surface area contributed by atoms with E-state index in [-0.39, 0.29) is 25.9 Å². The number of benzene rings is 2. The van der Waals surface area contributed by atoms with Gasteiger partial charge in [-0.25, -0.2) is 14.2 Å². The van der Waals surface area contributed by atoms with Gasteiger partial charge < -0.3 is 15.0 Å². The van der Waals surface area contributed by atoms with Gasteiger partial charge in [0.2, 0.25) is 5.91 Å². The number of carboxylic acid groups (broad SMARTS) is 1. The van der Waals surface area contributed by atoms with Crippen LogP contribution >= 0.6 is 12.6 Å². The largest absolute Gasteiger partial charge is 0.478 e.